The van der Waals surface area contributed by atoms with Crippen molar-refractivity contribution in [3.05, 3.63) is 66.7 Å². The summed E-state index contributed by atoms with van der Waals surface area (Å²) in [5.74, 6) is -0.0687. The molecule has 10 heteroatoms. The summed E-state index contributed by atoms with van der Waals surface area (Å²) in [6, 6.07) is 12.9. The van der Waals surface area contributed by atoms with Crippen molar-refractivity contribution in [2.24, 2.45) is 0 Å². The van der Waals surface area contributed by atoms with Gasteiger partial charge in [0.15, 0.2) is 0 Å². The SMILES string of the molecule is C=CC(CN(c1ccc(OC)cc1)S(=O)(=O)c1ccc(C)cc1)OC(=N)C(Cl)(Cl)Cl. The second-order valence-electron chi connectivity index (χ2n) is 6.27. The van der Waals surface area contributed by atoms with E-state index in [1.807, 2.05) is 6.92 Å². The molecule has 0 aromatic heterocycles. The molecule has 0 saturated carbocycles. The molecule has 0 aliphatic heterocycles. The largest absolute Gasteiger partial charge is 0.497 e. The van der Waals surface area contributed by atoms with Crippen molar-refractivity contribution < 1.29 is 17.9 Å². The predicted molar refractivity (Wildman–Crippen MR) is 122 cm³/mol. The van der Waals surface area contributed by atoms with Crippen LogP contribution in [0.3, 0.4) is 0 Å². The molecule has 1 atom stereocenters. The molecule has 2 aromatic rings. The highest BCUT2D eigenvalue weighted by atomic mass is 35.6. The lowest BCUT2D eigenvalue weighted by atomic mass is 10.2. The van der Waals surface area contributed by atoms with Gasteiger partial charge in [-0.25, -0.2) is 8.42 Å². The Morgan fingerprint density at radius 3 is 2.20 bits per heavy atom. The van der Waals surface area contributed by atoms with E-state index < -0.39 is 25.8 Å². The zero-order chi connectivity index (χ0) is 22.5. The fraction of sp³-hybridized carbons (Fsp3) is 0.250. The Morgan fingerprint density at radius 2 is 1.73 bits per heavy atom. The van der Waals surface area contributed by atoms with Crippen LogP contribution in [0, 0.1) is 12.3 Å². The molecule has 0 amide bonds. The highest BCUT2D eigenvalue weighted by Crippen LogP contribution is 2.30. The number of nitrogens with one attached hydrogen (secondary N) is 1. The Morgan fingerprint density at radius 1 is 1.17 bits per heavy atom. The standard InChI is InChI=1S/C20H21Cl3N2O4S/c1-4-16(29-19(24)20(21,22)23)13-25(15-7-9-17(28-3)10-8-15)30(26,27)18-11-5-14(2)6-12-18/h4-12,16,24H,1,13H2,2-3H3. The van der Waals surface area contributed by atoms with Gasteiger partial charge in [-0.3, -0.25) is 9.71 Å². The summed E-state index contributed by atoms with van der Waals surface area (Å²) in [5, 5.41) is 7.77. The highest BCUT2D eigenvalue weighted by molar-refractivity contribution is 7.92. The van der Waals surface area contributed by atoms with Gasteiger partial charge in [-0.1, -0.05) is 59.1 Å². The molecule has 0 bridgehead atoms. The molecule has 0 aliphatic rings. The lowest BCUT2D eigenvalue weighted by molar-refractivity contribution is 0.237. The maximum Gasteiger partial charge on any atom is 0.265 e. The van der Waals surface area contributed by atoms with Crippen LogP contribution in [0.4, 0.5) is 5.69 Å². The number of halogens is 3. The van der Waals surface area contributed by atoms with E-state index >= 15 is 0 Å². The Hall–Kier alpha value is -1.93. The van der Waals surface area contributed by atoms with E-state index in [2.05, 4.69) is 6.58 Å². The molecule has 30 heavy (non-hydrogen) atoms. The van der Waals surface area contributed by atoms with E-state index in [1.165, 1.54) is 25.3 Å². The number of nitrogens with zero attached hydrogens (tertiary/aromatic N) is 1. The van der Waals surface area contributed by atoms with Gasteiger partial charge in [0, 0.05) is 0 Å². The normalized spacial score (nSPS) is 12.7. The molecule has 1 unspecified atom stereocenters. The van der Waals surface area contributed by atoms with E-state index in [0.29, 0.717) is 11.4 Å². The Labute approximate surface area is 191 Å². The number of aryl methyl sites for hydroxylation is 1. The minimum absolute atomic E-state index is 0.100. The fourth-order valence-electron chi connectivity index (χ4n) is 2.47. The molecule has 0 radical (unpaired) electrons. The topological polar surface area (TPSA) is 79.7 Å². The smallest absolute Gasteiger partial charge is 0.265 e. The summed E-state index contributed by atoms with van der Waals surface area (Å²) < 4.78 is 36.4. The van der Waals surface area contributed by atoms with Crippen LogP contribution in [0.5, 0.6) is 5.75 Å². The van der Waals surface area contributed by atoms with Crippen molar-refractivity contribution in [2.45, 2.75) is 21.7 Å². The number of methoxy groups -OCH3 is 1. The molecule has 0 heterocycles. The number of benzene rings is 2. The van der Waals surface area contributed by atoms with Crippen LogP contribution in [0.25, 0.3) is 0 Å². The van der Waals surface area contributed by atoms with Crippen LogP contribution in [0.2, 0.25) is 0 Å². The average molecular weight is 492 g/mol. The van der Waals surface area contributed by atoms with Crippen LogP contribution in [-0.4, -0.2) is 37.9 Å². The Kier molecular flexibility index (Phi) is 8.05. The van der Waals surface area contributed by atoms with E-state index in [-0.39, 0.29) is 11.4 Å². The van der Waals surface area contributed by atoms with Crippen molar-refractivity contribution in [3.63, 3.8) is 0 Å². The predicted octanol–water partition coefficient (Wildman–Crippen LogP) is 5.12. The zero-order valence-corrected chi connectivity index (χ0v) is 19.4. The van der Waals surface area contributed by atoms with Crippen LogP contribution < -0.4 is 9.04 Å². The first-order chi connectivity index (χ1) is 14.0. The van der Waals surface area contributed by atoms with Crippen molar-refractivity contribution in [1.29, 1.82) is 5.41 Å². The van der Waals surface area contributed by atoms with Gasteiger partial charge in [0.2, 0.25) is 5.90 Å². The van der Waals surface area contributed by atoms with E-state index in [4.69, 9.17) is 49.7 Å². The Balaban J connectivity index is 2.45. The minimum Gasteiger partial charge on any atom is -0.497 e. The van der Waals surface area contributed by atoms with Crippen molar-refractivity contribution >= 4 is 56.4 Å². The second-order valence-corrected chi connectivity index (χ2v) is 10.4. The number of sulfonamides is 1. The zero-order valence-electron chi connectivity index (χ0n) is 16.3. The summed E-state index contributed by atoms with van der Waals surface area (Å²) in [5.41, 5.74) is 1.29. The third-order valence-corrected chi connectivity index (χ3v) is 6.43. The van der Waals surface area contributed by atoms with Crippen molar-refractivity contribution in [2.75, 3.05) is 18.0 Å². The van der Waals surface area contributed by atoms with Crippen molar-refractivity contribution in [1.82, 2.24) is 0 Å². The van der Waals surface area contributed by atoms with Crippen molar-refractivity contribution in [3.8, 4) is 5.75 Å². The number of anilines is 1. The first-order valence-corrected chi connectivity index (χ1v) is 11.2. The number of alkyl halides is 3. The van der Waals surface area contributed by atoms with Gasteiger partial charge in [0.25, 0.3) is 13.8 Å². The molecular weight excluding hydrogens is 471 g/mol. The monoisotopic (exact) mass is 490 g/mol. The summed E-state index contributed by atoms with van der Waals surface area (Å²) in [6.07, 6.45) is 0.391. The summed E-state index contributed by atoms with van der Waals surface area (Å²) in [4.78, 5) is 0.100. The lowest BCUT2D eigenvalue weighted by Gasteiger charge is -2.29. The molecule has 162 valence electrons. The molecule has 0 fully saturated rings. The molecule has 0 spiro atoms. The number of hydrogen-bond donors (Lipinski definition) is 1. The first kappa shape index (κ1) is 24.3. The number of ether oxygens (including phenoxy) is 2. The molecule has 2 rings (SSSR count). The quantitative estimate of drug-likeness (QED) is 0.241. The van der Waals surface area contributed by atoms with E-state index in [0.717, 1.165) is 9.87 Å². The minimum atomic E-state index is -3.97. The molecule has 1 N–H and O–H groups in total. The molecule has 0 saturated heterocycles. The first-order valence-electron chi connectivity index (χ1n) is 8.67. The van der Waals surface area contributed by atoms with Gasteiger partial charge < -0.3 is 9.47 Å². The molecule has 6 nitrogen and oxygen atoms in total. The maximum atomic E-state index is 13.4. The molecular formula is C20H21Cl3N2O4S. The highest BCUT2D eigenvalue weighted by Gasteiger charge is 2.33. The van der Waals surface area contributed by atoms with Crippen LogP contribution in [-0.2, 0) is 14.8 Å². The van der Waals surface area contributed by atoms with Crippen LogP contribution >= 0.6 is 34.8 Å². The summed E-state index contributed by atoms with van der Waals surface area (Å²) in [6.45, 7) is 5.31. The molecule has 0 aliphatic carbocycles. The van der Waals surface area contributed by atoms with E-state index in [9.17, 15) is 8.42 Å². The van der Waals surface area contributed by atoms with Gasteiger partial charge in [0.05, 0.1) is 24.2 Å². The van der Waals surface area contributed by atoms with Gasteiger partial charge in [-0.2, -0.15) is 0 Å². The maximum absolute atomic E-state index is 13.4. The Bertz CT molecular complexity index is 988. The fourth-order valence-corrected chi connectivity index (χ4v) is 4.08. The third-order valence-electron chi connectivity index (χ3n) is 4.10. The lowest BCUT2D eigenvalue weighted by Crippen LogP contribution is -2.40. The van der Waals surface area contributed by atoms with Gasteiger partial charge in [-0.15, -0.1) is 0 Å². The van der Waals surface area contributed by atoms with E-state index in [1.54, 1.807) is 36.4 Å². The van der Waals surface area contributed by atoms with Gasteiger partial charge in [-0.05, 0) is 49.4 Å². The summed E-state index contributed by atoms with van der Waals surface area (Å²) in [7, 11) is -2.46. The third kappa shape index (κ3) is 6.04. The summed E-state index contributed by atoms with van der Waals surface area (Å²) >= 11 is 17.0. The van der Waals surface area contributed by atoms with Crippen LogP contribution in [0.15, 0.2) is 66.1 Å². The average Bonchev–Trinajstić information content (AvgIpc) is 2.70. The second kappa shape index (κ2) is 9.92. The van der Waals surface area contributed by atoms with Gasteiger partial charge >= 0.3 is 0 Å². The van der Waals surface area contributed by atoms with Crippen LogP contribution in [0.1, 0.15) is 5.56 Å². The van der Waals surface area contributed by atoms with Gasteiger partial charge in [0.1, 0.15) is 11.9 Å². The number of rotatable bonds is 8. The number of hydrogen-bond acceptors (Lipinski definition) is 5. The molecule has 2 aromatic carbocycles.